The van der Waals surface area contributed by atoms with Crippen molar-refractivity contribution >= 4 is 28.1 Å². The number of carbonyl (C=O) groups excluding carboxylic acids is 1. The molecular weight excluding hydrogens is 384 g/mol. The highest BCUT2D eigenvalue weighted by Crippen LogP contribution is 2.34. The van der Waals surface area contributed by atoms with Crippen molar-refractivity contribution < 1.29 is 9.53 Å². The molecule has 0 atom stereocenters. The van der Waals surface area contributed by atoms with Crippen LogP contribution in [0.25, 0.3) is 11.3 Å². The number of hydrogen-bond acceptors (Lipinski definition) is 6. The number of thiazole rings is 1. The molecule has 0 aliphatic heterocycles. The molecule has 0 unspecified atom stereocenters. The number of hydrogen-bond donors (Lipinski definition) is 2. The summed E-state index contributed by atoms with van der Waals surface area (Å²) in [7, 11) is 1.61. The van der Waals surface area contributed by atoms with Crippen LogP contribution in [0.15, 0.2) is 29.6 Å². The van der Waals surface area contributed by atoms with E-state index < -0.39 is 0 Å². The van der Waals surface area contributed by atoms with Crippen molar-refractivity contribution in [3.8, 4) is 17.0 Å². The van der Waals surface area contributed by atoms with Crippen molar-refractivity contribution in [3.63, 3.8) is 0 Å². The molecule has 6 nitrogen and oxygen atoms in total. The summed E-state index contributed by atoms with van der Waals surface area (Å²) in [6, 6.07) is 7.40. The lowest BCUT2D eigenvalue weighted by Gasteiger charge is -2.15. The van der Waals surface area contributed by atoms with Crippen molar-refractivity contribution in [2.75, 3.05) is 12.4 Å². The summed E-state index contributed by atoms with van der Waals surface area (Å²) in [6.45, 7) is 10.0. The van der Waals surface area contributed by atoms with Crippen LogP contribution in [0.3, 0.4) is 0 Å². The van der Waals surface area contributed by atoms with E-state index in [9.17, 15) is 4.79 Å². The van der Waals surface area contributed by atoms with Crippen molar-refractivity contribution in [1.29, 1.82) is 0 Å². The fraction of sp³-hybridized carbons (Fsp3) is 0.318. The average Bonchev–Trinajstić information content (AvgIpc) is 3.09. The second-order valence-corrected chi connectivity index (χ2v) is 8.02. The zero-order valence-electron chi connectivity index (χ0n) is 17.6. The predicted molar refractivity (Wildman–Crippen MR) is 118 cm³/mol. The first-order chi connectivity index (χ1) is 13.8. The molecule has 152 valence electrons. The van der Waals surface area contributed by atoms with Gasteiger partial charge in [-0.1, -0.05) is 0 Å². The Morgan fingerprint density at radius 2 is 1.90 bits per heavy atom. The van der Waals surface area contributed by atoms with Gasteiger partial charge in [-0.05, 0) is 64.4 Å². The summed E-state index contributed by atoms with van der Waals surface area (Å²) in [5, 5.41) is 8.71. The standard InChI is InChI=1S/C22H26N4O2S/c1-12(2)28-19-8-7-16(21(27)23-6)10-17(19)25-22-26-18(11-29-22)20-13(3)9-14(4)24-15(20)5/h7-12H,1-6H3,(H,23,27)(H,25,26). The summed E-state index contributed by atoms with van der Waals surface area (Å²) < 4.78 is 5.90. The molecule has 0 radical (unpaired) electrons. The zero-order valence-corrected chi connectivity index (χ0v) is 18.4. The molecule has 2 heterocycles. The number of rotatable bonds is 6. The first kappa shape index (κ1) is 20.8. The molecule has 7 heteroatoms. The van der Waals surface area contributed by atoms with Gasteiger partial charge in [0.1, 0.15) is 5.75 Å². The lowest BCUT2D eigenvalue weighted by molar-refractivity contribution is 0.0963. The van der Waals surface area contributed by atoms with E-state index >= 15 is 0 Å². The molecule has 2 aromatic heterocycles. The minimum absolute atomic E-state index is 0.0113. The fourth-order valence-electron chi connectivity index (χ4n) is 3.24. The number of nitrogens with one attached hydrogen (secondary N) is 2. The number of benzene rings is 1. The molecule has 3 rings (SSSR count). The van der Waals surface area contributed by atoms with Gasteiger partial charge >= 0.3 is 0 Å². The van der Waals surface area contributed by atoms with Crippen molar-refractivity contribution in [2.24, 2.45) is 0 Å². The molecule has 2 N–H and O–H groups in total. The Labute approximate surface area is 175 Å². The van der Waals surface area contributed by atoms with E-state index in [1.54, 1.807) is 25.2 Å². The molecular formula is C22H26N4O2S. The number of aryl methyl sites for hydroxylation is 3. The number of carbonyl (C=O) groups is 1. The van der Waals surface area contributed by atoms with E-state index in [-0.39, 0.29) is 12.0 Å². The van der Waals surface area contributed by atoms with Gasteiger partial charge in [-0.25, -0.2) is 4.98 Å². The maximum atomic E-state index is 12.0. The number of amides is 1. The van der Waals surface area contributed by atoms with Gasteiger partial charge in [-0.15, -0.1) is 11.3 Å². The van der Waals surface area contributed by atoms with Gasteiger partial charge < -0.3 is 15.4 Å². The topological polar surface area (TPSA) is 76.1 Å². The smallest absolute Gasteiger partial charge is 0.251 e. The van der Waals surface area contributed by atoms with E-state index in [0.29, 0.717) is 17.0 Å². The minimum atomic E-state index is -0.152. The van der Waals surface area contributed by atoms with Crippen LogP contribution in [0.4, 0.5) is 10.8 Å². The Balaban J connectivity index is 1.95. The lowest BCUT2D eigenvalue weighted by Crippen LogP contribution is -2.18. The third-order valence-corrected chi connectivity index (χ3v) is 5.12. The first-order valence-electron chi connectivity index (χ1n) is 9.49. The quantitative estimate of drug-likeness (QED) is 0.597. The Bertz CT molecular complexity index is 1020. The van der Waals surface area contributed by atoms with E-state index in [0.717, 1.165) is 33.3 Å². The van der Waals surface area contributed by atoms with Crippen LogP contribution >= 0.6 is 11.3 Å². The van der Waals surface area contributed by atoms with Crippen molar-refractivity contribution in [2.45, 2.75) is 40.7 Å². The van der Waals surface area contributed by atoms with E-state index in [1.165, 1.54) is 11.3 Å². The second kappa shape index (κ2) is 8.61. The normalized spacial score (nSPS) is 10.9. The molecule has 3 aromatic rings. The summed E-state index contributed by atoms with van der Waals surface area (Å²) in [5.41, 5.74) is 6.31. The minimum Gasteiger partial charge on any atom is -0.489 e. The van der Waals surface area contributed by atoms with Crippen LogP contribution in [-0.4, -0.2) is 29.0 Å². The molecule has 1 amide bonds. The summed E-state index contributed by atoms with van der Waals surface area (Å²) in [4.78, 5) is 21.4. The van der Waals surface area contributed by atoms with Crippen LogP contribution in [0.1, 0.15) is 41.2 Å². The molecule has 29 heavy (non-hydrogen) atoms. The predicted octanol–water partition coefficient (Wildman–Crippen LogP) is 5.02. The number of aromatic nitrogens is 2. The molecule has 0 bridgehead atoms. The summed E-state index contributed by atoms with van der Waals surface area (Å²) >= 11 is 1.50. The van der Waals surface area contributed by atoms with Crippen LogP contribution in [0.2, 0.25) is 0 Å². The third-order valence-electron chi connectivity index (χ3n) is 4.36. The number of anilines is 2. The second-order valence-electron chi connectivity index (χ2n) is 7.16. The van der Waals surface area contributed by atoms with Gasteiger partial charge in [-0.3, -0.25) is 9.78 Å². The zero-order chi connectivity index (χ0) is 21.1. The lowest BCUT2D eigenvalue weighted by atomic mass is 10.0. The van der Waals surface area contributed by atoms with Crippen molar-refractivity contribution in [3.05, 3.63) is 52.2 Å². The number of ether oxygens (including phenoxy) is 1. The van der Waals surface area contributed by atoms with Crippen LogP contribution in [0, 0.1) is 20.8 Å². The van der Waals surface area contributed by atoms with E-state index in [4.69, 9.17) is 9.72 Å². The highest BCUT2D eigenvalue weighted by molar-refractivity contribution is 7.14. The summed E-state index contributed by atoms with van der Waals surface area (Å²) in [5.74, 6) is 0.523. The van der Waals surface area contributed by atoms with Gasteiger partial charge in [0.05, 0.1) is 17.5 Å². The molecule has 0 spiro atoms. The Hall–Kier alpha value is -2.93. The van der Waals surface area contributed by atoms with Crippen LogP contribution < -0.4 is 15.4 Å². The number of nitrogens with zero attached hydrogens (tertiary/aromatic N) is 2. The van der Waals surface area contributed by atoms with Gasteiger partial charge in [0.15, 0.2) is 5.13 Å². The van der Waals surface area contributed by atoms with E-state index in [2.05, 4.69) is 28.6 Å². The SMILES string of the molecule is CNC(=O)c1ccc(OC(C)C)c(Nc2nc(-c3c(C)cc(C)nc3C)cs2)c1. The van der Waals surface area contributed by atoms with Gasteiger partial charge in [-0.2, -0.15) is 0 Å². The highest BCUT2D eigenvalue weighted by Gasteiger charge is 2.15. The number of pyridine rings is 1. The monoisotopic (exact) mass is 410 g/mol. The fourth-order valence-corrected chi connectivity index (χ4v) is 3.96. The van der Waals surface area contributed by atoms with Crippen LogP contribution in [0.5, 0.6) is 5.75 Å². The molecule has 0 fully saturated rings. The summed E-state index contributed by atoms with van der Waals surface area (Å²) in [6.07, 6.45) is 0.0113. The Kier molecular flexibility index (Phi) is 6.17. The maximum absolute atomic E-state index is 12.0. The largest absolute Gasteiger partial charge is 0.489 e. The van der Waals surface area contributed by atoms with Crippen molar-refractivity contribution in [1.82, 2.24) is 15.3 Å². The maximum Gasteiger partial charge on any atom is 0.251 e. The molecule has 0 saturated carbocycles. The highest BCUT2D eigenvalue weighted by atomic mass is 32.1. The van der Waals surface area contributed by atoms with E-state index in [1.807, 2.05) is 33.1 Å². The molecule has 0 saturated heterocycles. The van der Waals surface area contributed by atoms with Gasteiger partial charge in [0, 0.05) is 34.9 Å². The molecule has 0 aliphatic rings. The molecule has 0 aliphatic carbocycles. The van der Waals surface area contributed by atoms with Crippen LogP contribution in [-0.2, 0) is 0 Å². The Morgan fingerprint density at radius 3 is 2.55 bits per heavy atom. The average molecular weight is 411 g/mol. The first-order valence-corrected chi connectivity index (χ1v) is 10.4. The van der Waals surface area contributed by atoms with Gasteiger partial charge in [0.25, 0.3) is 5.91 Å². The third kappa shape index (κ3) is 4.74. The Morgan fingerprint density at radius 1 is 1.14 bits per heavy atom. The molecule has 1 aromatic carbocycles. The van der Waals surface area contributed by atoms with Gasteiger partial charge in [0.2, 0.25) is 0 Å².